The SMILES string of the molecule is CC(=O)OC[C@H]1O[C@@H](OC[C@H]2O[C@H](OC[C@H](COCC[C@@H](C)CCC[C@@H](C)CCC[C@H](C)CCCC(C)C)OCC[C@@H](C)CCC[C@@H](C)CCC[C@H](C)CCCC(C)C)[C@H](OC(=O)c3ccccc3)[C@@H](OC(=O)c3ccccc3)[C@@H]2OC(C)=O)[C@H](OC(=O)c2ccccc2)[C@@H](OC(=O)c2ccccc2)[C@@H]1OC(C)=O. The predicted molar refractivity (Wildman–Crippen MR) is 417 cm³/mol. The van der Waals surface area contributed by atoms with Gasteiger partial charge in [-0.15, -0.1) is 0 Å². The molecule has 0 N–H and O–H groups in total. The molecule has 0 aliphatic carbocycles. The van der Waals surface area contributed by atoms with Crippen LogP contribution in [0.4, 0.5) is 0 Å². The molecule has 2 fully saturated rings. The number of hydrogen-bond acceptors (Lipinski definition) is 20. The molecule has 20 nitrogen and oxygen atoms in total. The summed E-state index contributed by atoms with van der Waals surface area (Å²) in [6.45, 7) is 26.1. The zero-order chi connectivity index (χ0) is 79.0. The van der Waals surface area contributed by atoms with Crippen molar-refractivity contribution in [3.63, 3.8) is 0 Å². The molecular formula is C89H130O20. The Labute approximate surface area is 650 Å². The highest BCUT2D eigenvalue weighted by Gasteiger charge is 2.57. The highest BCUT2D eigenvalue weighted by Crippen LogP contribution is 2.36. The van der Waals surface area contributed by atoms with Crippen molar-refractivity contribution in [2.75, 3.05) is 39.6 Å². The van der Waals surface area contributed by atoms with Crippen LogP contribution in [0.25, 0.3) is 0 Å². The monoisotopic (exact) mass is 1520 g/mol. The van der Waals surface area contributed by atoms with E-state index in [1.165, 1.54) is 120 Å². The molecule has 0 saturated carbocycles. The van der Waals surface area contributed by atoms with Crippen molar-refractivity contribution in [3.8, 4) is 0 Å². The number of hydrogen-bond donors (Lipinski definition) is 0. The van der Waals surface area contributed by atoms with Gasteiger partial charge in [0.15, 0.2) is 49.2 Å². The van der Waals surface area contributed by atoms with Gasteiger partial charge in [0, 0.05) is 34.0 Å². The first-order valence-electron chi connectivity index (χ1n) is 40.6. The molecule has 4 aromatic rings. The Bertz CT molecular complexity index is 3220. The summed E-state index contributed by atoms with van der Waals surface area (Å²) >= 11 is 0. The van der Waals surface area contributed by atoms with Crippen LogP contribution in [0, 0.1) is 47.3 Å². The first-order chi connectivity index (χ1) is 52.3. The second kappa shape index (κ2) is 50.0. The molecule has 0 amide bonds. The molecule has 20 heteroatoms. The van der Waals surface area contributed by atoms with Gasteiger partial charge < -0.3 is 61.6 Å². The number of ether oxygens (including phenoxy) is 13. The summed E-state index contributed by atoms with van der Waals surface area (Å²) in [5, 5.41) is 0. The number of carbonyl (C=O) groups is 7. The molecule has 2 aliphatic heterocycles. The minimum atomic E-state index is -1.82. The second-order valence-electron chi connectivity index (χ2n) is 31.8. The smallest absolute Gasteiger partial charge is 0.338 e. The topological polar surface area (TPSA) is 239 Å². The van der Waals surface area contributed by atoms with Crippen LogP contribution in [0.3, 0.4) is 0 Å². The molecule has 6 rings (SSSR count). The van der Waals surface area contributed by atoms with Gasteiger partial charge in [-0.05, 0) is 109 Å². The van der Waals surface area contributed by atoms with Crippen molar-refractivity contribution in [2.45, 2.75) is 286 Å². The van der Waals surface area contributed by atoms with E-state index in [2.05, 4.69) is 69.2 Å². The Morgan fingerprint density at radius 2 is 0.624 bits per heavy atom. The van der Waals surface area contributed by atoms with Gasteiger partial charge in [-0.3, -0.25) is 14.4 Å². The van der Waals surface area contributed by atoms with Crippen molar-refractivity contribution in [1.82, 2.24) is 0 Å². The maximum absolute atomic E-state index is 14.6. The van der Waals surface area contributed by atoms with Gasteiger partial charge in [0.1, 0.15) is 24.9 Å². The van der Waals surface area contributed by atoms with E-state index < -0.39 is 123 Å². The van der Waals surface area contributed by atoms with Crippen molar-refractivity contribution >= 4 is 41.8 Å². The molecule has 606 valence electrons. The Kier molecular flexibility index (Phi) is 41.7. The summed E-state index contributed by atoms with van der Waals surface area (Å²) in [6.07, 6.45) is 6.16. The first-order valence-corrected chi connectivity index (χ1v) is 40.6. The number of carbonyl (C=O) groups excluding carboxylic acids is 7. The van der Waals surface area contributed by atoms with Crippen LogP contribution in [0.2, 0.25) is 0 Å². The fraction of sp³-hybridized carbons (Fsp3) is 0.652. The second-order valence-corrected chi connectivity index (χ2v) is 31.8. The van der Waals surface area contributed by atoms with Crippen LogP contribution >= 0.6 is 0 Å². The molecule has 2 heterocycles. The van der Waals surface area contributed by atoms with E-state index in [1.54, 1.807) is 84.9 Å². The fourth-order valence-electron chi connectivity index (χ4n) is 14.1. The predicted octanol–water partition coefficient (Wildman–Crippen LogP) is 18.1. The van der Waals surface area contributed by atoms with Crippen LogP contribution < -0.4 is 0 Å². The molecule has 0 unspecified atom stereocenters. The average Bonchev–Trinajstić information content (AvgIpc) is 0.776. The summed E-state index contributed by atoms with van der Waals surface area (Å²) in [5.74, 6) is -1.04. The summed E-state index contributed by atoms with van der Waals surface area (Å²) in [5.41, 5.74) is 0.359. The normalized spacial score (nSPS) is 21.9. The third kappa shape index (κ3) is 34.6. The van der Waals surface area contributed by atoms with Crippen LogP contribution in [0.5, 0.6) is 0 Å². The van der Waals surface area contributed by atoms with Crippen molar-refractivity contribution in [1.29, 1.82) is 0 Å². The Balaban J connectivity index is 1.31. The molecule has 0 aromatic heterocycles. The largest absolute Gasteiger partial charge is 0.463 e. The van der Waals surface area contributed by atoms with E-state index in [-0.39, 0.29) is 35.5 Å². The Morgan fingerprint density at radius 3 is 0.954 bits per heavy atom. The minimum absolute atomic E-state index is 0.0647. The van der Waals surface area contributed by atoms with E-state index in [0.717, 1.165) is 89.4 Å². The fourth-order valence-corrected chi connectivity index (χ4v) is 14.1. The van der Waals surface area contributed by atoms with Gasteiger partial charge in [0.25, 0.3) is 0 Å². The van der Waals surface area contributed by atoms with Gasteiger partial charge in [-0.1, -0.05) is 258 Å². The lowest BCUT2D eigenvalue weighted by molar-refractivity contribution is -0.332. The summed E-state index contributed by atoms with van der Waals surface area (Å²) in [7, 11) is 0. The molecule has 2 saturated heterocycles. The molecule has 2 aliphatic rings. The zero-order valence-corrected chi connectivity index (χ0v) is 67.6. The maximum Gasteiger partial charge on any atom is 0.338 e. The molecular weight excluding hydrogens is 1390 g/mol. The molecule has 109 heavy (non-hydrogen) atoms. The number of esters is 7. The molecule has 0 bridgehead atoms. The Hall–Kier alpha value is -7.07. The molecule has 0 spiro atoms. The van der Waals surface area contributed by atoms with Gasteiger partial charge in [0.2, 0.25) is 0 Å². The van der Waals surface area contributed by atoms with Gasteiger partial charge in [-0.25, -0.2) is 19.2 Å². The van der Waals surface area contributed by atoms with E-state index in [9.17, 15) is 33.6 Å². The van der Waals surface area contributed by atoms with Gasteiger partial charge in [-0.2, -0.15) is 0 Å². The van der Waals surface area contributed by atoms with E-state index in [4.69, 9.17) is 61.6 Å². The number of benzene rings is 4. The van der Waals surface area contributed by atoms with Crippen molar-refractivity contribution in [3.05, 3.63) is 144 Å². The lowest BCUT2D eigenvalue weighted by atomic mass is 9.91. The Morgan fingerprint density at radius 1 is 0.321 bits per heavy atom. The summed E-state index contributed by atoms with van der Waals surface area (Å²) in [4.78, 5) is 97.0. The lowest BCUT2D eigenvalue weighted by Crippen LogP contribution is -2.65. The lowest BCUT2D eigenvalue weighted by Gasteiger charge is -2.46. The standard InChI is InChI=1S/C89H130O20/c1-60(2)32-26-34-62(5)36-28-38-64(7)40-30-42-66(9)52-54-97-56-75(98-55-53-67(10)43-31-41-65(8)39-29-37-63(6)35-27-33-61(3)4)57-100-88-82(108-86(95)73-48-22-16-23-49-73)81(107-85(94)72-46-20-15-21-47-72)79(103-70(13)92)77(105-88)59-101-89-83(109-87(96)74-50-24-17-25-51-74)80(106-84(93)71-44-18-14-19-45-71)78(102-69(12)91)76(104-89)58-99-68(11)90/h14-25,44-51,60-67,75-83,88-89H,26-43,52-59H2,1-13H3/t62-,63-,64+,65+,66+,67+,75+,76-,77-,78-,79-,80+,81+,82-,83-,88+,89-/m1/s1. The van der Waals surface area contributed by atoms with Crippen LogP contribution in [0.15, 0.2) is 121 Å². The highest BCUT2D eigenvalue weighted by molar-refractivity contribution is 5.91. The maximum atomic E-state index is 14.6. The zero-order valence-electron chi connectivity index (χ0n) is 67.6. The third-order valence-corrected chi connectivity index (χ3v) is 20.7. The van der Waals surface area contributed by atoms with Gasteiger partial charge in [0.05, 0.1) is 42.1 Å². The van der Waals surface area contributed by atoms with Crippen LogP contribution in [-0.2, 0) is 76.0 Å². The van der Waals surface area contributed by atoms with Crippen LogP contribution in [0.1, 0.15) is 260 Å². The van der Waals surface area contributed by atoms with E-state index in [0.29, 0.717) is 36.9 Å². The molecule has 17 atom stereocenters. The van der Waals surface area contributed by atoms with Crippen molar-refractivity contribution in [2.24, 2.45) is 47.3 Å². The van der Waals surface area contributed by atoms with E-state index in [1.807, 2.05) is 0 Å². The molecule has 0 radical (unpaired) electrons. The average molecular weight is 1520 g/mol. The summed E-state index contributed by atoms with van der Waals surface area (Å²) in [6, 6.07) is 32.0. The number of rotatable bonds is 51. The van der Waals surface area contributed by atoms with E-state index >= 15 is 0 Å². The molecule has 4 aromatic carbocycles. The third-order valence-electron chi connectivity index (χ3n) is 20.7. The van der Waals surface area contributed by atoms with Crippen molar-refractivity contribution < 1.29 is 95.1 Å². The summed E-state index contributed by atoms with van der Waals surface area (Å²) < 4.78 is 82.7. The van der Waals surface area contributed by atoms with Gasteiger partial charge >= 0.3 is 41.8 Å². The minimum Gasteiger partial charge on any atom is -0.463 e. The quantitative estimate of drug-likeness (QED) is 0.0227. The van der Waals surface area contributed by atoms with Crippen LogP contribution in [-0.4, -0.2) is 149 Å². The highest BCUT2D eigenvalue weighted by atomic mass is 16.8. The first kappa shape index (κ1) is 90.8.